The number of Topliss-reactive ketones (excluding diaryl/α,β-unsaturated/α-hetero) is 1. The fourth-order valence-corrected chi connectivity index (χ4v) is 4.58. The van der Waals surface area contributed by atoms with Crippen LogP contribution in [0.2, 0.25) is 0 Å². The van der Waals surface area contributed by atoms with Crippen LogP contribution in [-0.4, -0.2) is 47.7 Å². The molecule has 2 aliphatic heterocycles. The molecule has 9 heteroatoms. The van der Waals surface area contributed by atoms with E-state index in [-0.39, 0.29) is 28.7 Å². The molecule has 0 aromatic heterocycles. The van der Waals surface area contributed by atoms with Crippen LogP contribution in [0, 0.1) is 16.0 Å². The van der Waals surface area contributed by atoms with Crippen LogP contribution < -0.4 is 5.32 Å². The number of methoxy groups -OCH3 is 1. The second-order valence-corrected chi connectivity index (χ2v) is 7.74. The van der Waals surface area contributed by atoms with Crippen molar-refractivity contribution >= 4 is 23.3 Å². The van der Waals surface area contributed by atoms with Crippen LogP contribution in [0.5, 0.6) is 0 Å². The van der Waals surface area contributed by atoms with Gasteiger partial charge in [-0.05, 0) is 17.9 Å². The molecule has 1 amide bonds. The van der Waals surface area contributed by atoms with Gasteiger partial charge in [0.25, 0.3) is 11.6 Å². The Bertz CT molecular complexity index is 1040. The summed E-state index contributed by atoms with van der Waals surface area (Å²) in [5, 5.41) is 14.1. The summed E-state index contributed by atoms with van der Waals surface area (Å²) in [6.45, 7) is 2.78. The molecule has 3 aliphatic rings. The number of amides is 1. The first-order valence-electron chi connectivity index (χ1n) is 9.72. The highest BCUT2D eigenvalue weighted by Crippen LogP contribution is 2.48. The van der Waals surface area contributed by atoms with E-state index in [9.17, 15) is 24.5 Å². The summed E-state index contributed by atoms with van der Waals surface area (Å²) in [6, 6.07) is 5.83. The van der Waals surface area contributed by atoms with Crippen molar-refractivity contribution in [2.45, 2.75) is 25.7 Å². The highest BCUT2D eigenvalue weighted by molar-refractivity contribution is 6.09. The number of esters is 1. The number of nitrogens with one attached hydrogen (secondary N) is 1. The van der Waals surface area contributed by atoms with Crippen molar-refractivity contribution in [3.63, 3.8) is 0 Å². The van der Waals surface area contributed by atoms with Gasteiger partial charge in [0.15, 0.2) is 5.78 Å². The number of carbonyl (C=O) groups is 3. The third-order valence-corrected chi connectivity index (χ3v) is 5.77. The predicted octanol–water partition coefficient (Wildman–Crippen LogP) is 1.80. The molecule has 156 valence electrons. The number of nitro benzene ring substituents is 1. The minimum atomic E-state index is -0.901. The Labute approximate surface area is 172 Å². The van der Waals surface area contributed by atoms with Crippen LogP contribution in [0.25, 0.3) is 0 Å². The van der Waals surface area contributed by atoms with E-state index in [1.165, 1.54) is 25.3 Å². The molecule has 2 heterocycles. The highest BCUT2D eigenvalue weighted by atomic mass is 16.6. The van der Waals surface area contributed by atoms with Gasteiger partial charge < -0.3 is 15.0 Å². The number of hydrogen-bond acceptors (Lipinski definition) is 7. The van der Waals surface area contributed by atoms with Crippen molar-refractivity contribution in [3.05, 3.63) is 62.5 Å². The second kappa shape index (κ2) is 7.40. The third-order valence-electron chi connectivity index (χ3n) is 5.77. The Morgan fingerprint density at radius 2 is 2.07 bits per heavy atom. The van der Waals surface area contributed by atoms with Gasteiger partial charge in [-0.15, -0.1) is 0 Å². The van der Waals surface area contributed by atoms with Crippen LogP contribution >= 0.6 is 0 Å². The van der Waals surface area contributed by atoms with E-state index >= 15 is 0 Å². The zero-order valence-electron chi connectivity index (χ0n) is 16.6. The van der Waals surface area contributed by atoms with E-state index in [4.69, 9.17) is 4.74 Å². The molecule has 1 aromatic carbocycles. The standard InChI is InChI=1S/C21H21N3O6/c1-11-8-14-17(15(25)9-11)16(12-4-3-5-13(10-12)24(28)29)18(21(27)30-2)19-20(26)22-6-7-23(14)19/h3-5,10-11,16H,6-9H2,1-2H3,(H,22,26)/t11-,16-/m0/s1. The molecule has 1 saturated heterocycles. The maximum absolute atomic E-state index is 13.2. The molecule has 0 bridgehead atoms. The van der Waals surface area contributed by atoms with Crippen molar-refractivity contribution < 1.29 is 24.0 Å². The normalized spacial score (nSPS) is 23.6. The number of nitro groups is 1. The van der Waals surface area contributed by atoms with Crippen molar-refractivity contribution in [3.8, 4) is 0 Å². The molecule has 30 heavy (non-hydrogen) atoms. The lowest BCUT2D eigenvalue weighted by Crippen LogP contribution is -2.50. The van der Waals surface area contributed by atoms with E-state index in [0.29, 0.717) is 42.8 Å². The molecule has 1 N–H and O–H groups in total. The zero-order valence-corrected chi connectivity index (χ0v) is 16.6. The molecule has 1 aliphatic carbocycles. The van der Waals surface area contributed by atoms with Gasteiger partial charge in [0.05, 0.1) is 17.6 Å². The summed E-state index contributed by atoms with van der Waals surface area (Å²) in [5.41, 5.74) is 1.59. The van der Waals surface area contributed by atoms with E-state index in [0.717, 1.165) is 0 Å². The third kappa shape index (κ3) is 3.06. The van der Waals surface area contributed by atoms with E-state index in [2.05, 4.69) is 5.32 Å². The van der Waals surface area contributed by atoms with Gasteiger partial charge in [-0.1, -0.05) is 19.1 Å². The van der Waals surface area contributed by atoms with Gasteiger partial charge in [-0.3, -0.25) is 19.7 Å². The lowest BCUT2D eigenvalue weighted by atomic mass is 9.72. The van der Waals surface area contributed by atoms with E-state index in [1.807, 2.05) is 6.92 Å². The molecule has 1 fully saturated rings. The first-order valence-corrected chi connectivity index (χ1v) is 9.72. The topological polar surface area (TPSA) is 119 Å². The number of nitrogens with zero attached hydrogens (tertiary/aromatic N) is 2. The smallest absolute Gasteiger partial charge is 0.337 e. The fourth-order valence-electron chi connectivity index (χ4n) is 4.58. The summed E-state index contributed by atoms with van der Waals surface area (Å²) >= 11 is 0. The monoisotopic (exact) mass is 411 g/mol. The Balaban J connectivity index is 2.02. The number of ketones is 1. The number of ether oxygens (including phenoxy) is 1. The number of rotatable bonds is 3. The zero-order chi connectivity index (χ0) is 21.6. The van der Waals surface area contributed by atoms with Gasteiger partial charge in [0.2, 0.25) is 0 Å². The van der Waals surface area contributed by atoms with Crippen molar-refractivity contribution in [1.82, 2.24) is 10.2 Å². The molecule has 0 saturated carbocycles. The van der Waals surface area contributed by atoms with Gasteiger partial charge in [-0.2, -0.15) is 0 Å². The Morgan fingerprint density at radius 1 is 1.30 bits per heavy atom. The first kappa shape index (κ1) is 19.8. The van der Waals surface area contributed by atoms with Crippen molar-refractivity contribution in [1.29, 1.82) is 0 Å². The fraction of sp³-hybridized carbons (Fsp3) is 0.381. The number of allylic oxidation sites excluding steroid dienone is 2. The Morgan fingerprint density at radius 3 is 2.77 bits per heavy atom. The van der Waals surface area contributed by atoms with E-state index < -0.39 is 22.7 Å². The number of benzene rings is 1. The molecule has 0 unspecified atom stereocenters. The Kier molecular flexibility index (Phi) is 4.89. The van der Waals surface area contributed by atoms with E-state index in [1.54, 1.807) is 11.0 Å². The maximum atomic E-state index is 13.2. The summed E-state index contributed by atoms with van der Waals surface area (Å²) in [4.78, 5) is 51.4. The predicted molar refractivity (Wildman–Crippen MR) is 105 cm³/mol. The van der Waals surface area contributed by atoms with Gasteiger partial charge >= 0.3 is 5.97 Å². The van der Waals surface area contributed by atoms with Crippen LogP contribution in [0.1, 0.15) is 31.2 Å². The van der Waals surface area contributed by atoms with Crippen molar-refractivity contribution in [2.75, 3.05) is 20.2 Å². The number of piperazine rings is 1. The molecule has 9 nitrogen and oxygen atoms in total. The quantitative estimate of drug-likeness (QED) is 0.458. The molecule has 0 radical (unpaired) electrons. The average molecular weight is 411 g/mol. The SMILES string of the molecule is COC(=O)C1=C2C(=O)NCCN2C2=C(C(=O)C[C@@H](C)C2)[C@@H]1c1cccc([N+](=O)[O-])c1. The molecule has 4 rings (SSSR count). The second-order valence-electron chi connectivity index (χ2n) is 7.74. The van der Waals surface area contributed by atoms with Gasteiger partial charge in [0, 0.05) is 48.8 Å². The van der Waals surface area contributed by atoms with Crippen molar-refractivity contribution in [2.24, 2.45) is 5.92 Å². The van der Waals surface area contributed by atoms with Crippen LogP contribution in [0.15, 0.2) is 46.8 Å². The number of non-ortho nitro benzene ring substituents is 1. The maximum Gasteiger partial charge on any atom is 0.337 e. The van der Waals surface area contributed by atoms with Crippen LogP contribution in [0.3, 0.4) is 0 Å². The summed E-state index contributed by atoms with van der Waals surface area (Å²) < 4.78 is 4.98. The minimum Gasteiger partial charge on any atom is -0.466 e. The molecular formula is C21H21N3O6. The summed E-state index contributed by atoms with van der Waals surface area (Å²) in [5.74, 6) is -2.09. The number of carbonyl (C=O) groups excluding carboxylic acids is 3. The molecule has 1 aromatic rings. The lowest BCUT2D eigenvalue weighted by Gasteiger charge is -2.44. The molecular weight excluding hydrogens is 390 g/mol. The van der Waals surface area contributed by atoms with Crippen LogP contribution in [0.4, 0.5) is 5.69 Å². The average Bonchev–Trinajstić information content (AvgIpc) is 2.72. The largest absolute Gasteiger partial charge is 0.466 e. The number of fused-ring (bicyclic) bond motifs is 2. The molecule has 0 spiro atoms. The summed E-state index contributed by atoms with van der Waals surface area (Å²) in [7, 11) is 1.21. The van der Waals surface area contributed by atoms with Crippen LogP contribution in [-0.2, 0) is 19.1 Å². The molecule has 2 atom stereocenters. The lowest BCUT2D eigenvalue weighted by molar-refractivity contribution is -0.384. The summed E-state index contributed by atoms with van der Waals surface area (Å²) in [6.07, 6.45) is 0.895. The highest BCUT2D eigenvalue weighted by Gasteiger charge is 2.47. The number of hydrogen-bond donors (Lipinski definition) is 1. The first-order chi connectivity index (χ1) is 14.3. The van der Waals surface area contributed by atoms with Gasteiger partial charge in [-0.25, -0.2) is 4.79 Å². The van der Waals surface area contributed by atoms with Gasteiger partial charge in [0.1, 0.15) is 5.70 Å². The minimum absolute atomic E-state index is 0.0388. The Hall–Kier alpha value is -3.49.